The number of unbranched alkanes of at least 4 members (excludes halogenated alkanes) is 28. The maximum atomic E-state index is 13.1. The van der Waals surface area contributed by atoms with Crippen LogP contribution in [0, 0.1) is 0 Å². The number of aliphatic hydroxyl groups is 5. The van der Waals surface area contributed by atoms with Crippen LogP contribution in [0.5, 0.6) is 0 Å². The minimum absolute atomic E-state index is 0.196. The highest BCUT2D eigenvalue weighted by atomic mass is 16.7. The van der Waals surface area contributed by atoms with Gasteiger partial charge >= 0.3 is 0 Å². The molecule has 0 aromatic heterocycles. The summed E-state index contributed by atoms with van der Waals surface area (Å²) in [6.07, 6.45) is 77.4. The average Bonchev–Trinajstić information content (AvgIpc) is 3.45. The molecule has 0 bridgehead atoms. The van der Waals surface area contributed by atoms with Crippen LogP contribution in [0.2, 0.25) is 0 Å². The predicted molar refractivity (Wildman–Crippen MR) is 331 cm³/mol. The van der Waals surface area contributed by atoms with E-state index in [0.29, 0.717) is 6.42 Å². The van der Waals surface area contributed by atoms with Gasteiger partial charge in [0.15, 0.2) is 6.29 Å². The van der Waals surface area contributed by atoms with Crippen molar-refractivity contribution in [1.82, 2.24) is 5.32 Å². The molecule has 0 aliphatic carbocycles. The molecule has 0 aromatic rings. The van der Waals surface area contributed by atoms with Gasteiger partial charge in [-0.1, -0.05) is 277 Å². The Morgan fingerprint density at radius 2 is 0.808 bits per heavy atom. The fraction of sp³-hybridized carbons (Fsp3) is 0.725. The summed E-state index contributed by atoms with van der Waals surface area (Å²) in [5, 5.41) is 54.6. The number of carbonyl (C=O) groups is 1. The lowest BCUT2D eigenvalue weighted by Crippen LogP contribution is -2.60. The van der Waals surface area contributed by atoms with Crippen LogP contribution < -0.4 is 5.32 Å². The van der Waals surface area contributed by atoms with Crippen molar-refractivity contribution in [3.05, 3.63) is 109 Å². The summed E-state index contributed by atoms with van der Waals surface area (Å²) in [5.74, 6) is -0.196. The minimum Gasteiger partial charge on any atom is -0.394 e. The Balaban J connectivity index is 2.22. The zero-order valence-electron chi connectivity index (χ0n) is 49.9. The molecule has 7 unspecified atom stereocenters. The number of nitrogens with one attached hydrogen (secondary N) is 1. The van der Waals surface area contributed by atoms with E-state index in [0.717, 1.165) is 96.3 Å². The maximum absolute atomic E-state index is 13.1. The Labute approximate surface area is 478 Å². The van der Waals surface area contributed by atoms with Crippen LogP contribution >= 0.6 is 0 Å². The first kappa shape index (κ1) is 72.9. The van der Waals surface area contributed by atoms with Gasteiger partial charge in [-0.15, -0.1) is 0 Å². The van der Waals surface area contributed by atoms with Crippen LogP contribution in [0.4, 0.5) is 0 Å². The van der Waals surface area contributed by atoms with Crippen LogP contribution in [0.25, 0.3) is 0 Å². The number of hydrogen-bond acceptors (Lipinski definition) is 8. The van der Waals surface area contributed by atoms with Crippen molar-refractivity contribution >= 4 is 5.91 Å². The van der Waals surface area contributed by atoms with E-state index in [-0.39, 0.29) is 12.5 Å². The molecule has 78 heavy (non-hydrogen) atoms. The molecule has 0 spiro atoms. The first-order valence-electron chi connectivity index (χ1n) is 32.1. The highest BCUT2D eigenvalue weighted by molar-refractivity contribution is 5.76. The van der Waals surface area contributed by atoms with Crippen molar-refractivity contribution < 1.29 is 39.8 Å². The normalized spacial score (nSPS) is 19.4. The van der Waals surface area contributed by atoms with E-state index in [9.17, 15) is 30.3 Å². The highest BCUT2D eigenvalue weighted by Crippen LogP contribution is 2.23. The van der Waals surface area contributed by atoms with Gasteiger partial charge in [0.25, 0.3) is 0 Å². The molecule has 6 N–H and O–H groups in total. The van der Waals surface area contributed by atoms with Crippen LogP contribution in [0.3, 0.4) is 0 Å². The van der Waals surface area contributed by atoms with E-state index in [4.69, 9.17) is 9.47 Å². The summed E-state index contributed by atoms with van der Waals surface area (Å²) < 4.78 is 11.3. The maximum Gasteiger partial charge on any atom is 0.220 e. The fourth-order valence-electron chi connectivity index (χ4n) is 9.57. The van der Waals surface area contributed by atoms with Crippen LogP contribution in [-0.2, 0) is 14.3 Å². The van der Waals surface area contributed by atoms with Crippen molar-refractivity contribution in [3.8, 4) is 0 Å². The Hall–Kier alpha value is -3.15. The fourth-order valence-corrected chi connectivity index (χ4v) is 9.57. The molecule has 1 rings (SSSR count). The summed E-state index contributed by atoms with van der Waals surface area (Å²) in [5.41, 5.74) is 0. The molecular weight excluding hydrogens is 971 g/mol. The topological polar surface area (TPSA) is 149 Å². The molecule has 7 atom stereocenters. The van der Waals surface area contributed by atoms with Crippen molar-refractivity contribution in [1.29, 1.82) is 0 Å². The Morgan fingerprint density at radius 1 is 0.449 bits per heavy atom. The van der Waals surface area contributed by atoms with Crippen molar-refractivity contribution in [2.45, 2.75) is 307 Å². The second kappa shape index (κ2) is 57.1. The largest absolute Gasteiger partial charge is 0.394 e. The monoisotopic (exact) mass is 1090 g/mol. The molecule has 1 saturated heterocycles. The number of ether oxygens (including phenoxy) is 2. The second-order valence-electron chi connectivity index (χ2n) is 21.8. The Morgan fingerprint density at radius 3 is 1.23 bits per heavy atom. The quantitative estimate of drug-likeness (QED) is 0.0261. The zero-order valence-corrected chi connectivity index (χ0v) is 49.9. The van der Waals surface area contributed by atoms with Crippen LogP contribution in [-0.4, -0.2) is 87.5 Å². The average molecular weight is 1090 g/mol. The molecule has 0 radical (unpaired) electrons. The molecule has 0 saturated carbocycles. The van der Waals surface area contributed by atoms with Crippen LogP contribution in [0.1, 0.15) is 264 Å². The standard InChI is InChI=1S/C69H119NO8/c1-3-5-7-9-11-13-15-17-19-21-23-25-27-29-30-31-32-33-34-35-37-39-41-43-45-47-49-51-53-55-57-59-65(73)70-62(61-77-69-68(76)67(75)66(74)64(60-71)78-69)63(72)58-56-54-52-50-48-46-44-42-40-38-36-28-26-24-22-20-18-16-14-12-10-8-6-4-2/h5,7,11,13,17,19,23,25,29-30,32-33,35,37,48,50,56,58,62-64,66-69,71-72,74-76H,3-4,6,8-10,12,14-16,18,20-22,24,26-28,31,34,36,38-47,49,51-55,57,59-61H2,1-2H3,(H,70,73)/b7-5-,13-11-,19-17-,25-23-,30-29-,33-32-,37-35-,50-48+,58-56+. The van der Waals surface area contributed by atoms with E-state index in [2.05, 4.69) is 116 Å². The number of allylic oxidation sites excluding steroid dienone is 17. The molecule has 1 aliphatic heterocycles. The molecule has 1 heterocycles. The first-order chi connectivity index (χ1) is 38.3. The van der Waals surface area contributed by atoms with E-state index in [1.165, 1.54) is 148 Å². The third-order valence-corrected chi connectivity index (χ3v) is 14.6. The number of carbonyl (C=O) groups excluding carboxylic acids is 1. The number of rotatable bonds is 54. The van der Waals surface area contributed by atoms with Gasteiger partial charge in [-0.05, 0) is 89.9 Å². The zero-order chi connectivity index (χ0) is 56.5. The third kappa shape index (κ3) is 45.6. The summed E-state index contributed by atoms with van der Waals surface area (Å²) in [6.45, 7) is 3.66. The minimum atomic E-state index is -1.58. The summed E-state index contributed by atoms with van der Waals surface area (Å²) in [4.78, 5) is 13.1. The smallest absolute Gasteiger partial charge is 0.220 e. The summed E-state index contributed by atoms with van der Waals surface area (Å²) in [6, 6.07) is -0.834. The Bertz CT molecular complexity index is 1590. The van der Waals surface area contributed by atoms with Gasteiger partial charge in [0.2, 0.25) is 5.91 Å². The lowest BCUT2D eigenvalue weighted by molar-refractivity contribution is -0.302. The number of amides is 1. The van der Waals surface area contributed by atoms with E-state index in [1.54, 1.807) is 6.08 Å². The van der Waals surface area contributed by atoms with Gasteiger partial charge in [0.1, 0.15) is 24.4 Å². The first-order valence-corrected chi connectivity index (χ1v) is 32.1. The van der Waals surface area contributed by atoms with Crippen molar-refractivity contribution in [3.63, 3.8) is 0 Å². The molecule has 0 aromatic carbocycles. The molecule has 448 valence electrons. The number of aliphatic hydroxyl groups excluding tert-OH is 5. The predicted octanol–water partition coefficient (Wildman–Crippen LogP) is 16.9. The van der Waals surface area contributed by atoms with Gasteiger partial charge in [0, 0.05) is 6.42 Å². The van der Waals surface area contributed by atoms with Crippen molar-refractivity contribution in [2.75, 3.05) is 13.2 Å². The Kier molecular flexibility index (Phi) is 53.3. The third-order valence-electron chi connectivity index (χ3n) is 14.6. The second-order valence-corrected chi connectivity index (χ2v) is 21.8. The SMILES string of the molecule is CC/C=C\C/C=C\C/C=C\C/C=C\C/C=C\C/C=C\C/C=C\CCCCCCCCCCCC(=O)NC(COC1OC(CO)C(O)C(O)C1O)C(O)/C=C/CC/C=C/CCCCCCCCCCCCCCCCCCCC. The van der Waals surface area contributed by atoms with Gasteiger partial charge < -0.3 is 40.3 Å². The van der Waals surface area contributed by atoms with Crippen LogP contribution in [0.15, 0.2) is 109 Å². The highest BCUT2D eigenvalue weighted by Gasteiger charge is 2.44. The molecule has 1 fully saturated rings. The molecule has 1 amide bonds. The van der Waals surface area contributed by atoms with E-state index in [1.807, 2.05) is 6.08 Å². The van der Waals surface area contributed by atoms with E-state index >= 15 is 0 Å². The molecule has 9 nitrogen and oxygen atoms in total. The number of hydrogen-bond donors (Lipinski definition) is 6. The van der Waals surface area contributed by atoms with E-state index < -0.39 is 49.5 Å². The lowest BCUT2D eigenvalue weighted by Gasteiger charge is -2.40. The van der Waals surface area contributed by atoms with Gasteiger partial charge in [0.05, 0.1) is 25.4 Å². The van der Waals surface area contributed by atoms with Gasteiger partial charge in [-0.2, -0.15) is 0 Å². The van der Waals surface area contributed by atoms with Gasteiger partial charge in [-0.3, -0.25) is 4.79 Å². The molecule has 1 aliphatic rings. The summed E-state index contributed by atoms with van der Waals surface area (Å²) >= 11 is 0. The molecular formula is C69H119NO8. The van der Waals surface area contributed by atoms with Crippen molar-refractivity contribution in [2.24, 2.45) is 0 Å². The lowest BCUT2D eigenvalue weighted by atomic mass is 9.99. The molecule has 9 heteroatoms. The summed E-state index contributed by atoms with van der Waals surface area (Å²) in [7, 11) is 0. The van der Waals surface area contributed by atoms with Gasteiger partial charge in [-0.25, -0.2) is 0 Å².